The molecule has 2 aromatic rings. The van der Waals surface area contributed by atoms with Crippen molar-refractivity contribution in [2.45, 2.75) is 6.54 Å². The van der Waals surface area contributed by atoms with Gasteiger partial charge in [0.05, 0.1) is 5.69 Å². The minimum atomic E-state index is -1.71. The highest BCUT2D eigenvalue weighted by Crippen LogP contribution is 2.19. The highest BCUT2D eigenvalue weighted by molar-refractivity contribution is 6.58. The number of anilines is 1. The Morgan fingerprint density at radius 1 is 1.05 bits per heavy atom. The van der Waals surface area contributed by atoms with E-state index in [2.05, 4.69) is 0 Å². The van der Waals surface area contributed by atoms with Crippen LogP contribution >= 0.6 is 0 Å². The molecular weight excluding hydrogens is 263 g/mol. The van der Waals surface area contributed by atoms with Gasteiger partial charge in [-0.1, -0.05) is 24.3 Å². The number of rotatable bonds is 4. The fraction of sp³-hybridized carbons (Fsp3) is 0.143. The molecule has 0 atom stereocenters. The van der Waals surface area contributed by atoms with E-state index in [1.807, 2.05) is 0 Å². The van der Waals surface area contributed by atoms with Gasteiger partial charge in [-0.05, 0) is 23.7 Å². The first-order chi connectivity index (χ1) is 9.49. The van der Waals surface area contributed by atoms with E-state index in [0.717, 1.165) is 6.07 Å². The third-order valence-electron chi connectivity index (χ3n) is 3.05. The monoisotopic (exact) mass is 277 g/mol. The van der Waals surface area contributed by atoms with Crippen molar-refractivity contribution in [3.63, 3.8) is 0 Å². The largest absolute Gasteiger partial charge is 0.488 e. The molecule has 0 saturated carbocycles. The molecule has 0 aliphatic carbocycles. The predicted octanol–water partition coefficient (Wildman–Crippen LogP) is 1.28. The standard InChI is InChI=1S/C14H14BF2NO2/c1-18(14-5-3-2-4-12(14)16)9-10-6-7-11(15(19)20)8-13(10)17/h2-8,19-20H,9H2,1H3. The van der Waals surface area contributed by atoms with Gasteiger partial charge in [0.25, 0.3) is 0 Å². The molecule has 0 fully saturated rings. The molecule has 0 saturated heterocycles. The molecule has 104 valence electrons. The van der Waals surface area contributed by atoms with Gasteiger partial charge in [0.15, 0.2) is 0 Å². The lowest BCUT2D eigenvalue weighted by molar-refractivity contribution is 0.425. The smallest absolute Gasteiger partial charge is 0.423 e. The number of halogens is 2. The molecule has 0 bridgehead atoms. The zero-order valence-corrected chi connectivity index (χ0v) is 10.9. The lowest BCUT2D eigenvalue weighted by atomic mass is 9.80. The van der Waals surface area contributed by atoms with Crippen LogP contribution in [0.5, 0.6) is 0 Å². The number of nitrogens with zero attached hydrogens (tertiary/aromatic N) is 1. The Labute approximate surface area is 116 Å². The average molecular weight is 277 g/mol. The van der Waals surface area contributed by atoms with Gasteiger partial charge in [-0.25, -0.2) is 8.78 Å². The summed E-state index contributed by atoms with van der Waals surface area (Å²) < 4.78 is 27.5. The topological polar surface area (TPSA) is 43.7 Å². The van der Waals surface area contributed by atoms with Crippen LogP contribution in [-0.2, 0) is 6.54 Å². The summed E-state index contributed by atoms with van der Waals surface area (Å²) in [5.74, 6) is -0.934. The molecule has 0 aliphatic heterocycles. The minimum Gasteiger partial charge on any atom is -0.423 e. The van der Waals surface area contributed by atoms with E-state index in [-0.39, 0.29) is 17.8 Å². The fourth-order valence-electron chi connectivity index (χ4n) is 1.95. The molecule has 0 spiro atoms. The number of hydrogen-bond donors (Lipinski definition) is 2. The van der Waals surface area contributed by atoms with Crippen LogP contribution in [-0.4, -0.2) is 24.2 Å². The molecule has 0 radical (unpaired) electrons. The number of benzene rings is 2. The van der Waals surface area contributed by atoms with Gasteiger partial charge in [0.1, 0.15) is 11.6 Å². The lowest BCUT2D eigenvalue weighted by Gasteiger charge is -2.20. The summed E-state index contributed by atoms with van der Waals surface area (Å²) in [6.45, 7) is 0.175. The van der Waals surface area contributed by atoms with Gasteiger partial charge >= 0.3 is 7.12 Å². The third-order valence-corrected chi connectivity index (χ3v) is 3.05. The van der Waals surface area contributed by atoms with Crippen molar-refractivity contribution in [3.8, 4) is 0 Å². The van der Waals surface area contributed by atoms with Crippen molar-refractivity contribution < 1.29 is 18.8 Å². The average Bonchev–Trinajstić information content (AvgIpc) is 2.41. The van der Waals surface area contributed by atoms with E-state index in [9.17, 15) is 8.78 Å². The zero-order chi connectivity index (χ0) is 14.7. The van der Waals surface area contributed by atoms with Gasteiger partial charge < -0.3 is 14.9 Å². The molecule has 0 amide bonds. The molecule has 0 aromatic heterocycles. The van der Waals surface area contributed by atoms with E-state index < -0.39 is 12.9 Å². The predicted molar refractivity (Wildman–Crippen MR) is 74.7 cm³/mol. The Bertz CT molecular complexity index is 607. The highest BCUT2D eigenvalue weighted by Gasteiger charge is 2.15. The second-order valence-corrected chi connectivity index (χ2v) is 4.53. The van der Waals surface area contributed by atoms with E-state index in [1.165, 1.54) is 18.2 Å². The second-order valence-electron chi connectivity index (χ2n) is 4.53. The highest BCUT2D eigenvalue weighted by atomic mass is 19.1. The van der Waals surface area contributed by atoms with Crippen molar-refractivity contribution in [3.05, 3.63) is 59.7 Å². The molecule has 3 nitrogen and oxygen atoms in total. The lowest BCUT2D eigenvalue weighted by Crippen LogP contribution is -2.30. The summed E-state index contributed by atoms with van der Waals surface area (Å²) in [6.07, 6.45) is 0. The first-order valence-corrected chi connectivity index (χ1v) is 6.09. The molecule has 2 aromatic carbocycles. The first-order valence-electron chi connectivity index (χ1n) is 6.09. The van der Waals surface area contributed by atoms with E-state index >= 15 is 0 Å². The fourth-order valence-corrected chi connectivity index (χ4v) is 1.95. The van der Waals surface area contributed by atoms with Crippen LogP contribution in [0.4, 0.5) is 14.5 Å². The normalized spacial score (nSPS) is 10.4. The molecule has 2 N–H and O–H groups in total. The summed E-state index contributed by atoms with van der Waals surface area (Å²) >= 11 is 0. The quantitative estimate of drug-likeness (QED) is 0.827. The van der Waals surface area contributed by atoms with Crippen LogP contribution in [0.3, 0.4) is 0 Å². The Morgan fingerprint density at radius 2 is 1.75 bits per heavy atom. The number of para-hydroxylation sites is 1. The molecular formula is C14H14BF2NO2. The van der Waals surface area contributed by atoms with E-state index in [0.29, 0.717) is 11.3 Å². The molecule has 2 rings (SSSR count). The second kappa shape index (κ2) is 6.03. The Balaban J connectivity index is 2.20. The maximum atomic E-state index is 13.8. The minimum absolute atomic E-state index is 0.0831. The van der Waals surface area contributed by atoms with Crippen molar-refractivity contribution in [1.29, 1.82) is 0 Å². The summed E-state index contributed by atoms with van der Waals surface area (Å²) in [7, 11) is -0.0463. The van der Waals surface area contributed by atoms with Gasteiger partial charge in [0, 0.05) is 19.2 Å². The SMILES string of the molecule is CN(Cc1ccc(B(O)O)cc1F)c1ccccc1F. The number of hydrogen-bond acceptors (Lipinski definition) is 3. The Morgan fingerprint density at radius 3 is 2.35 bits per heavy atom. The summed E-state index contributed by atoms with van der Waals surface area (Å²) in [4.78, 5) is 1.59. The Kier molecular flexibility index (Phi) is 4.37. The van der Waals surface area contributed by atoms with Crippen LogP contribution < -0.4 is 10.4 Å². The maximum Gasteiger partial charge on any atom is 0.488 e. The van der Waals surface area contributed by atoms with Crippen molar-refractivity contribution in [1.82, 2.24) is 0 Å². The van der Waals surface area contributed by atoms with E-state index in [1.54, 1.807) is 30.1 Å². The molecule has 0 heterocycles. The summed E-state index contributed by atoms with van der Waals surface area (Å²) in [6, 6.07) is 10.2. The van der Waals surface area contributed by atoms with Gasteiger partial charge in [0.2, 0.25) is 0 Å². The van der Waals surface area contributed by atoms with Crippen LogP contribution in [0.1, 0.15) is 5.56 Å². The summed E-state index contributed by atoms with van der Waals surface area (Å²) in [5.41, 5.74) is 0.804. The first kappa shape index (κ1) is 14.5. The van der Waals surface area contributed by atoms with Crippen molar-refractivity contribution >= 4 is 18.3 Å². The molecule has 20 heavy (non-hydrogen) atoms. The van der Waals surface area contributed by atoms with Crippen molar-refractivity contribution in [2.75, 3.05) is 11.9 Å². The van der Waals surface area contributed by atoms with Crippen LogP contribution in [0.15, 0.2) is 42.5 Å². The zero-order valence-electron chi connectivity index (χ0n) is 10.9. The third kappa shape index (κ3) is 3.15. The summed E-state index contributed by atoms with van der Waals surface area (Å²) in [5, 5.41) is 17.9. The Hall–Kier alpha value is -1.92. The van der Waals surface area contributed by atoms with Crippen LogP contribution in [0, 0.1) is 11.6 Å². The molecule has 6 heteroatoms. The molecule has 0 aliphatic rings. The van der Waals surface area contributed by atoms with Crippen LogP contribution in [0.2, 0.25) is 0 Å². The van der Waals surface area contributed by atoms with Crippen molar-refractivity contribution in [2.24, 2.45) is 0 Å². The molecule has 0 unspecified atom stereocenters. The van der Waals surface area contributed by atoms with Gasteiger partial charge in [-0.15, -0.1) is 0 Å². The maximum absolute atomic E-state index is 13.8. The van der Waals surface area contributed by atoms with E-state index in [4.69, 9.17) is 10.0 Å². The van der Waals surface area contributed by atoms with Gasteiger partial charge in [-0.3, -0.25) is 0 Å². The van der Waals surface area contributed by atoms with Gasteiger partial charge in [-0.2, -0.15) is 0 Å². The van der Waals surface area contributed by atoms with Crippen LogP contribution in [0.25, 0.3) is 0 Å².